The van der Waals surface area contributed by atoms with Gasteiger partial charge in [0.05, 0.1) is 16.8 Å². The zero-order valence-electron chi connectivity index (χ0n) is 7.78. The molecule has 1 unspecified atom stereocenters. The highest BCUT2D eigenvalue weighted by Crippen LogP contribution is 2.26. The van der Waals surface area contributed by atoms with Gasteiger partial charge in [0, 0.05) is 5.56 Å². The summed E-state index contributed by atoms with van der Waals surface area (Å²) in [6, 6.07) is 7.90. The Balaban J connectivity index is 2.42. The summed E-state index contributed by atoms with van der Waals surface area (Å²) in [4.78, 5) is 0. The maximum absolute atomic E-state index is 13.7. The van der Waals surface area contributed by atoms with E-state index < -0.39 is 6.04 Å². The van der Waals surface area contributed by atoms with E-state index in [1.165, 1.54) is 6.26 Å². The summed E-state index contributed by atoms with van der Waals surface area (Å²) in [6.45, 7) is 0. The first kappa shape index (κ1) is 10.4. The summed E-state index contributed by atoms with van der Waals surface area (Å²) in [7, 11) is 0. The maximum atomic E-state index is 13.7. The molecule has 0 spiro atoms. The second kappa shape index (κ2) is 4.16. The molecule has 0 aliphatic rings. The van der Waals surface area contributed by atoms with Crippen molar-refractivity contribution < 1.29 is 8.81 Å². The minimum absolute atomic E-state index is 0.346. The van der Waals surface area contributed by atoms with Crippen molar-refractivity contribution in [3.8, 4) is 0 Å². The first-order chi connectivity index (χ1) is 7.20. The van der Waals surface area contributed by atoms with Crippen molar-refractivity contribution in [2.24, 2.45) is 5.73 Å². The molecule has 0 bridgehead atoms. The molecule has 0 radical (unpaired) electrons. The molecule has 78 valence electrons. The van der Waals surface area contributed by atoms with E-state index >= 15 is 0 Å². The predicted molar refractivity (Wildman–Crippen MR) is 58.8 cm³/mol. The van der Waals surface area contributed by atoms with Crippen LogP contribution in [0.5, 0.6) is 0 Å². The van der Waals surface area contributed by atoms with Crippen LogP contribution < -0.4 is 5.73 Å². The first-order valence-electron chi connectivity index (χ1n) is 4.43. The summed E-state index contributed by atoms with van der Waals surface area (Å²) in [5.74, 6) is 0.202. The van der Waals surface area contributed by atoms with Gasteiger partial charge >= 0.3 is 0 Å². The van der Waals surface area contributed by atoms with E-state index in [0.717, 1.165) is 0 Å². The summed E-state index contributed by atoms with van der Waals surface area (Å²) >= 11 is 3.12. The second-order valence-electron chi connectivity index (χ2n) is 3.14. The van der Waals surface area contributed by atoms with Crippen molar-refractivity contribution in [2.45, 2.75) is 6.04 Å². The molecule has 15 heavy (non-hydrogen) atoms. The molecular formula is C11H9BrFNO. The van der Waals surface area contributed by atoms with Crippen LogP contribution in [-0.4, -0.2) is 0 Å². The van der Waals surface area contributed by atoms with E-state index in [2.05, 4.69) is 15.9 Å². The molecule has 0 amide bonds. The molecule has 2 nitrogen and oxygen atoms in total. The number of halogens is 2. The van der Waals surface area contributed by atoms with Crippen molar-refractivity contribution in [3.05, 3.63) is 58.2 Å². The molecule has 2 rings (SSSR count). The SMILES string of the molecule is NC(c1ccco1)c1cccc(Br)c1F. The molecule has 0 aliphatic heterocycles. The van der Waals surface area contributed by atoms with Crippen LogP contribution in [0.3, 0.4) is 0 Å². The Morgan fingerprint density at radius 3 is 2.73 bits per heavy atom. The Morgan fingerprint density at radius 1 is 1.27 bits per heavy atom. The highest BCUT2D eigenvalue weighted by molar-refractivity contribution is 9.10. The summed E-state index contributed by atoms with van der Waals surface area (Å²) in [5.41, 5.74) is 6.29. The lowest BCUT2D eigenvalue weighted by Crippen LogP contribution is -2.12. The number of hydrogen-bond donors (Lipinski definition) is 1. The Kier molecular flexibility index (Phi) is 2.88. The largest absolute Gasteiger partial charge is 0.467 e. The first-order valence-corrected chi connectivity index (χ1v) is 5.22. The molecule has 1 atom stereocenters. The van der Waals surface area contributed by atoms with Crippen molar-refractivity contribution in [2.75, 3.05) is 0 Å². The van der Waals surface area contributed by atoms with Crippen LogP contribution in [0, 0.1) is 5.82 Å². The molecule has 0 saturated carbocycles. The van der Waals surface area contributed by atoms with Crippen LogP contribution in [0.1, 0.15) is 17.4 Å². The van der Waals surface area contributed by atoms with E-state index in [1.54, 1.807) is 30.3 Å². The minimum atomic E-state index is -0.572. The topological polar surface area (TPSA) is 39.2 Å². The number of benzene rings is 1. The lowest BCUT2D eigenvalue weighted by atomic mass is 10.1. The molecular weight excluding hydrogens is 261 g/mol. The molecule has 1 heterocycles. The van der Waals surface area contributed by atoms with Crippen LogP contribution in [0.15, 0.2) is 45.5 Å². The van der Waals surface area contributed by atoms with Gasteiger partial charge in [-0.15, -0.1) is 0 Å². The average molecular weight is 270 g/mol. The van der Waals surface area contributed by atoms with Gasteiger partial charge in [-0.3, -0.25) is 0 Å². The second-order valence-corrected chi connectivity index (χ2v) is 3.99. The Morgan fingerprint density at radius 2 is 2.07 bits per heavy atom. The predicted octanol–water partition coefficient (Wildman–Crippen LogP) is 3.23. The molecule has 2 N–H and O–H groups in total. The number of rotatable bonds is 2. The van der Waals surface area contributed by atoms with E-state index in [-0.39, 0.29) is 5.82 Å². The van der Waals surface area contributed by atoms with Crippen molar-refractivity contribution in [1.82, 2.24) is 0 Å². The van der Waals surface area contributed by atoms with Gasteiger partial charge in [0.1, 0.15) is 11.6 Å². The molecule has 1 aromatic heterocycles. The van der Waals surface area contributed by atoms with Gasteiger partial charge in [-0.05, 0) is 34.1 Å². The fraction of sp³-hybridized carbons (Fsp3) is 0.0909. The zero-order valence-corrected chi connectivity index (χ0v) is 9.37. The third-order valence-electron chi connectivity index (χ3n) is 2.17. The van der Waals surface area contributed by atoms with Gasteiger partial charge in [-0.2, -0.15) is 0 Å². The lowest BCUT2D eigenvalue weighted by molar-refractivity contribution is 0.480. The van der Waals surface area contributed by atoms with Gasteiger partial charge in [-0.1, -0.05) is 12.1 Å². The van der Waals surface area contributed by atoms with E-state index in [4.69, 9.17) is 10.2 Å². The van der Waals surface area contributed by atoms with E-state index in [0.29, 0.717) is 15.8 Å². The van der Waals surface area contributed by atoms with E-state index in [1.807, 2.05) is 0 Å². The highest BCUT2D eigenvalue weighted by atomic mass is 79.9. The molecule has 2 aromatic rings. The molecule has 1 aromatic carbocycles. The fourth-order valence-electron chi connectivity index (χ4n) is 1.38. The molecule has 0 fully saturated rings. The monoisotopic (exact) mass is 269 g/mol. The number of nitrogens with two attached hydrogens (primary N) is 1. The standard InChI is InChI=1S/C11H9BrFNO/c12-8-4-1-3-7(10(8)13)11(14)9-5-2-6-15-9/h1-6,11H,14H2. The minimum Gasteiger partial charge on any atom is -0.467 e. The summed E-state index contributed by atoms with van der Waals surface area (Å²) in [6.07, 6.45) is 1.52. The smallest absolute Gasteiger partial charge is 0.142 e. The van der Waals surface area contributed by atoms with Crippen LogP contribution in [0.4, 0.5) is 4.39 Å². The molecule has 4 heteroatoms. The van der Waals surface area contributed by atoms with Gasteiger partial charge < -0.3 is 10.2 Å². The Labute approximate surface area is 95.0 Å². The fourth-order valence-corrected chi connectivity index (χ4v) is 1.76. The third kappa shape index (κ3) is 1.96. The Hall–Kier alpha value is -1.13. The third-order valence-corrected chi connectivity index (χ3v) is 2.78. The lowest BCUT2D eigenvalue weighted by Gasteiger charge is -2.10. The van der Waals surface area contributed by atoms with Gasteiger partial charge in [-0.25, -0.2) is 4.39 Å². The van der Waals surface area contributed by atoms with Crippen LogP contribution in [0.2, 0.25) is 0 Å². The van der Waals surface area contributed by atoms with Crippen LogP contribution >= 0.6 is 15.9 Å². The quantitative estimate of drug-likeness (QED) is 0.909. The normalized spacial score (nSPS) is 12.7. The van der Waals surface area contributed by atoms with Crippen LogP contribution in [-0.2, 0) is 0 Å². The highest BCUT2D eigenvalue weighted by Gasteiger charge is 2.17. The summed E-state index contributed by atoms with van der Waals surface area (Å²) < 4.78 is 19.2. The maximum Gasteiger partial charge on any atom is 0.142 e. The van der Waals surface area contributed by atoms with Gasteiger partial charge in [0.25, 0.3) is 0 Å². The Bertz CT molecular complexity index is 456. The molecule has 0 aliphatic carbocycles. The zero-order chi connectivity index (χ0) is 10.8. The van der Waals surface area contributed by atoms with Crippen molar-refractivity contribution >= 4 is 15.9 Å². The van der Waals surface area contributed by atoms with Gasteiger partial charge in [0.2, 0.25) is 0 Å². The van der Waals surface area contributed by atoms with Crippen molar-refractivity contribution in [3.63, 3.8) is 0 Å². The summed E-state index contributed by atoms with van der Waals surface area (Å²) in [5, 5.41) is 0. The number of hydrogen-bond acceptors (Lipinski definition) is 2. The average Bonchev–Trinajstić information content (AvgIpc) is 2.74. The van der Waals surface area contributed by atoms with Crippen LogP contribution in [0.25, 0.3) is 0 Å². The van der Waals surface area contributed by atoms with Crippen molar-refractivity contribution in [1.29, 1.82) is 0 Å². The molecule has 0 saturated heterocycles. The number of furan rings is 1. The van der Waals surface area contributed by atoms with E-state index in [9.17, 15) is 4.39 Å². The van der Waals surface area contributed by atoms with Gasteiger partial charge in [0.15, 0.2) is 0 Å².